The molecule has 0 fully saturated rings. The van der Waals surface area contributed by atoms with Crippen LogP contribution in [0.2, 0.25) is 0 Å². The van der Waals surface area contributed by atoms with E-state index < -0.39 is 21.5 Å². The molecule has 0 spiro atoms. The van der Waals surface area contributed by atoms with Crippen LogP contribution in [0.5, 0.6) is 0 Å². The molecular formula is C9H14Cl3NO4. The molecule has 17 heavy (non-hydrogen) atoms. The van der Waals surface area contributed by atoms with Crippen LogP contribution < -0.4 is 5.32 Å². The van der Waals surface area contributed by atoms with Crippen LogP contribution in [0.4, 0.5) is 4.79 Å². The first-order valence-electron chi connectivity index (χ1n) is 4.69. The number of rotatable bonds is 3. The molecule has 0 heterocycles. The topological polar surface area (TPSA) is 64.6 Å². The van der Waals surface area contributed by atoms with Crippen molar-refractivity contribution < 1.29 is 19.1 Å². The number of ether oxygens (including phenoxy) is 2. The van der Waals surface area contributed by atoms with Crippen molar-refractivity contribution in [2.24, 2.45) is 0 Å². The highest BCUT2D eigenvalue weighted by Crippen LogP contribution is 2.25. The first-order chi connectivity index (χ1) is 7.49. The summed E-state index contributed by atoms with van der Waals surface area (Å²) in [7, 11) is 0. The molecular weight excluding hydrogens is 292 g/mol. The number of nitrogens with one attached hydrogen (secondary N) is 1. The molecule has 0 aliphatic carbocycles. The lowest BCUT2D eigenvalue weighted by Crippen LogP contribution is -2.36. The van der Waals surface area contributed by atoms with Gasteiger partial charge in [-0.05, 0) is 20.8 Å². The molecule has 0 aromatic carbocycles. The van der Waals surface area contributed by atoms with Crippen molar-refractivity contribution in [2.75, 3.05) is 13.2 Å². The summed E-state index contributed by atoms with van der Waals surface area (Å²) in [6.07, 6.45) is -0.719. The SMILES string of the molecule is CC(C)(C)OC(=O)NCC(=O)OCC(Cl)(Cl)Cl. The molecule has 8 heteroatoms. The third kappa shape index (κ3) is 11.9. The Morgan fingerprint density at radius 1 is 1.18 bits per heavy atom. The van der Waals surface area contributed by atoms with Crippen LogP contribution >= 0.6 is 34.8 Å². The van der Waals surface area contributed by atoms with Gasteiger partial charge in [0.1, 0.15) is 18.8 Å². The van der Waals surface area contributed by atoms with Crippen LogP contribution in [0, 0.1) is 0 Å². The van der Waals surface area contributed by atoms with E-state index in [0.29, 0.717) is 0 Å². The fourth-order valence-electron chi connectivity index (χ4n) is 0.672. The van der Waals surface area contributed by atoms with Gasteiger partial charge in [-0.15, -0.1) is 0 Å². The van der Waals surface area contributed by atoms with Gasteiger partial charge in [0.25, 0.3) is 0 Å². The fraction of sp³-hybridized carbons (Fsp3) is 0.778. The van der Waals surface area contributed by atoms with Gasteiger partial charge in [-0.1, -0.05) is 34.8 Å². The number of hydrogen-bond acceptors (Lipinski definition) is 4. The fourth-order valence-corrected chi connectivity index (χ4v) is 0.836. The van der Waals surface area contributed by atoms with E-state index >= 15 is 0 Å². The quantitative estimate of drug-likeness (QED) is 0.642. The Morgan fingerprint density at radius 3 is 2.12 bits per heavy atom. The van der Waals surface area contributed by atoms with Crippen molar-refractivity contribution in [1.29, 1.82) is 0 Å². The lowest BCUT2D eigenvalue weighted by atomic mass is 10.2. The number of alkyl halides is 3. The largest absolute Gasteiger partial charge is 0.460 e. The molecule has 0 aromatic heterocycles. The molecule has 0 radical (unpaired) electrons. The van der Waals surface area contributed by atoms with E-state index in [0.717, 1.165) is 0 Å². The minimum atomic E-state index is -1.67. The molecule has 0 saturated carbocycles. The molecule has 100 valence electrons. The van der Waals surface area contributed by atoms with Gasteiger partial charge in [-0.2, -0.15) is 0 Å². The number of esters is 1. The first kappa shape index (κ1) is 16.6. The summed E-state index contributed by atoms with van der Waals surface area (Å²) in [5.41, 5.74) is -0.633. The van der Waals surface area contributed by atoms with E-state index in [2.05, 4.69) is 10.1 Å². The van der Waals surface area contributed by atoms with Crippen molar-refractivity contribution in [3.05, 3.63) is 0 Å². The van der Waals surface area contributed by atoms with Gasteiger partial charge < -0.3 is 14.8 Å². The number of halogens is 3. The third-order valence-corrected chi connectivity index (χ3v) is 1.50. The standard InChI is InChI=1S/C9H14Cl3NO4/c1-8(2,3)17-7(15)13-4-6(14)16-5-9(10,11)12/h4-5H2,1-3H3,(H,13,15). The Hall–Kier alpha value is -0.390. The van der Waals surface area contributed by atoms with Gasteiger partial charge in [-0.25, -0.2) is 4.79 Å². The van der Waals surface area contributed by atoms with E-state index in [1.54, 1.807) is 20.8 Å². The molecule has 0 unspecified atom stereocenters. The summed E-state index contributed by atoms with van der Waals surface area (Å²) >= 11 is 16.1. The van der Waals surface area contributed by atoms with Crippen LogP contribution in [-0.2, 0) is 14.3 Å². The first-order valence-corrected chi connectivity index (χ1v) is 5.82. The zero-order chi connectivity index (χ0) is 13.7. The Morgan fingerprint density at radius 2 is 1.71 bits per heavy atom. The summed E-state index contributed by atoms with van der Waals surface area (Å²) in [5.74, 6) is -0.720. The summed E-state index contributed by atoms with van der Waals surface area (Å²) in [6.45, 7) is 4.37. The van der Waals surface area contributed by atoms with E-state index in [9.17, 15) is 9.59 Å². The molecule has 0 atom stereocenters. The highest BCUT2D eigenvalue weighted by molar-refractivity contribution is 6.67. The van der Waals surface area contributed by atoms with Crippen molar-refractivity contribution in [2.45, 2.75) is 30.2 Å². The predicted octanol–water partition coefficient (Wildman–Crippen LogP) is 2.42. The molecule has 5 nitrogen and oxygen atoms in total. The van der Waals surface area contributed by atoms with Crippen LogP contribution in [-0.4, -0.2) is 34.6 Å². The van der Waals surface area contributed by atoms with Gasteiger partial charge in [0.2, 0.25) is 3.79 Å². The van der Waals surface area contributed by atoms with Crippen molar-refractivity contribution >= 4 is 46.9 Å². The average Bonchev–Trinajstić information content (AvgIpc) is 2.07. The highest BCUT2D eigenvalue weighted by atomic mass is 35.6. The molecule has 0 aromatic rings. The average molecular weight is 307 g/mol. The van der Waals surface area contributed by atoms with E-state index in [-0.39, 0.29) is 13.2 Å². The zero-order valence-electron chi connectivity index (χ0n) is 9.68. The van der Waals surface area contributed by atoms with Gasteiger partial charge >= 0.3 is 12.1 Å². The van der Waals surface area contributed by atoms with Gasteiger partial charge in [0, 0.05) is 0 Å². The third-order valence-electron chi connectivity index (χ3n) is 1.17. The Bertz CT molecular complexity index is 283. The van der Waals surface area contributed by atoms with Crippen LogP contribution in [0.25, 0.3) is 0 Å². The highest BCUT2D eigenvalue weighted by Gasteiger charge is 2.22. The number of carbonyl (C=O) groups is 2. The number of carbonyl (C=O) groups excluding carboxylic acids is 2. The van der Waals surface area contributed by atoms with Crippen LogP contribution in [0.1, 0.15) is 20.8 Å². The molecule has 1 N–H and O–H groups in total. The molecule has 0 aliphatic rings. The molecule has 1 amide bonds. The Kier molecular flexibility index (Phi) is 6.37. The van der Waals surface area contributed by atoms with Crippen molar-refractivity contribution in [3.63, 3.8) is 0 Å². The molecule has 0 bridgehead atoms. The van der Waals surface area contributed by atoms with Gasteiger partial charge in [0.05, 0.1) is 0 Å². The molecule has 0 aliphatic heterocycles. The maximum absolute atomic E-state index is 11.1. The van der Waals surface area contributed by atoms with E-state index in [4.69, 9.17) is 39.5 Å². The minimum absolute atomic E-state index is 0.352. The van der Waals surface area contributed by atoms with E-state index in [1.165, 1.54) is 0 Å². The summed E-state index contributed by atoms with van der Waals surface area (Å²) < 4.78 is 7.81. The number of alkyl carbamates (subject to hydrolysis) is 1. The van der Waals surface area contributed by atoms with Gasteiger partial charge in [0.15, 0.2) is 0 Å². The van der Waals surface area contributed by atoms with Crippen molar-refractivity contribution in [3.8, 4) is 0 Å². The van der Waals surface area contributed by atoms with Gasteiger partial charge in [-0.3, -0.25) is 4.79 Å². The number of amides is 1. The maximum Gasteiger partial charge on any atom is 0.408 e. The Balaban J connectivity index is 3.82. The summed E-state index contributed by atoms with van der Waals surface area (Å²) in [4.78, 5) is 22.2. The monoisotopic (exact) mass is 305 g/mol. The van der Waals surface area contributed by atoms with Crippen molar-refractivity contribution in [1.82, 2.24) is 5.32 Å². The minimum Gasteiger partial charge on any atom is -0.460 e. The normalized spacial score (nSPS) is 11.9. The predicted molar refractivity (Wildman–Crippen MR) is 65.5 cm³/mol. The molecule has 0 rings (SSSR count). The van der Waals surface area contributed by atoms with Crippen LogP contribution in [0.3, 0.4) is 0 Å². The lowest BCUT2D eigenvalue weighted by Gasteiger charge is -2.19. The van der Waals surface area contributed by atoms with Crippen LogP contribution in [0.15, 0.2) is 0 Å². The molecule has 0 saturated heterocycles. The van der Waals surface area contributed by atoms with E-state index in [1.807, 2.05) is 0 Å². The maximum atomic E-state index is 11.1. The zero-order valence-corrected chi connectivity index (χ0v) is 11.9. The summed E-state index contributed by atoms with van der Waals surface area (Å²) in [6, 6.07) is 0. The lowest BCUT2D eigenvalue weighted by molar-refractivity contribution is -0.142. The second-order valence-corrected chi connectivity index (χ2v) is 6.65. The smallest absolute Gasteiger partial charge is 0.408 e. The second-order valence-electron chi connectivity index (χ2n) is 4.13. The Labute approximate surface area is 115 Å². The second kappa shape index (κ2) is 6.52. The summed E-state index contributed by atoms with van der Waals surface area (Å²) in [5, 5.41) is 2.21. The number of hydrogen-bond donors (Lipinski definition) is 1.